The van der Waals surface area contributed by atoms with E-state index in [1.165, 1.54) is 4.90 Å². The van der Waals surface area contributed by atoms with Gasteiger partial charge in [-0.3, -0.25) is 4.79 Å². The number of carboxylic acid groups (broad SMARTS) is 1. The molecular weight excluding hydrogens is 282 g/mol. The van der Waals surface area contributed by atoms with Crippen LogP contribution in [-0.4, -0.2) is 40.8 Å². The van der Waals surface area contributed by atoms with Crippen molar-refractivity contribution in [3.63, 3.8) is 0 Å². The van der Waals surface area contributed by atoms with Crippen LogP contribution in [0.25, 0.3) is 0 Å². The van der Waals surface area contributed by atoms with E-state index < -0.39 is 23.6 Å². The van der Waals surface area contributed by atoms with Crippen molar-refractivity contribution in [3.05, 3.63) is 35.4 Å². The van der Waals surface area contributed by atoms with E-state index in [1.807, 2.05) is 31.2 Å². The van der Waals surface area contributed by atoms with E-state index in [-0.39, 0.29) is 12.5 Å². The summed E-state index contributed by atoms with van der Waals surface area (Å²) in [6, 6.07) is 7.73. The van der Waals surface area contributed by atoms with Crippen LogP contribution in [0.15, 0.2) is 24.3 Å². The van der Waals surface area contributed by atoms with Crippen LogP contribution in [0.5, 0.6) is 0 Å². The summed E-state index contributed by atoms with van der Waals surface area (Å²) < 4.78 is 5.36. The maximum Gasteiger partial charge on any atom is 0.410 e. The molecule has 0 saturated carbocycles. The third kappa shape index (κ3) is 3.59. The lowest BCUT2D eigenvalue weighted by Crippen LogP contribution is -2.35. The van der Waals surface area contributed by atoms with E-state index in [1.54, 1.807) is 20.8 Å². The number of carbonyl (C=O) groups excluding carboxylic acids is 1. The van der Waals surface area contributed by atoms with Gasteiger partial charge in [0.15, 0.2) is 0 Å². The van der Waals surface area contributed by atoms with E-state index in [9.17, 15) is 14.7 Å². The van der Waals surface area contributed by atoms with Gasteiger partial charge in [-0.05, 0) is 38.8 Å². The highest BCUT2D eigenvalue weighted by molar-refractivity contribution is 5.76. The number of hydrogen-bond donors (Lipinski definition) is 1. The third-order valence-corrected chi connectivity index (χ3v) is 3.88. The van der Waals surface area contributed by atoms with Crippen LogP contribution < -0.4 is 0 Å². The number of aryl methyl sites for hydroxylation is 1. The van der Waals surface area contributed by atoms with E-state index in [2.05, 4.69) is 0 Å². The van der Waals surface area contributed by atoms with Crippen molar-refractivity contribution in [2.45, 2.75) is 39.2 Å². The summed E-state index contributed by atoms with van der Waals surface area (Å²) in [4.78, 5) is 25.3. The van der Waals surface area contributed by atoms with Crippen LogP contribution in [0.4, 0.5) is 4.79 Å². The summed E-state index contributed by atoms with van der Waals surface area (Å²) in [5, 5.41) is 9.49. The number of nitrogens with zero attached hydrogens (tertiary/aromatic N) is 1. The largest absolute Gasteiger partial charge is 0.481 e. The lowest BCUT2D eigenvalue weighted by molar-refractivity contribution is -0.141. The predicted molar refractivity (Wildman–Crippen MR) is 82.9 cm³/mol. The zero-order chi connectivity index (χ0) is 16.5. The number of rotatable bonds is 2. The average molecular weight is 305 g/mol. The molecule has 1 aliphatic heterocycles. The number of ether oxygens (including phenoxy) is 1. The van der Waals surface area contributed by atoms with E-state index in [0.29, 0.717) is 6.54 Å². The molecule has 2 rings (SSSR count). The van der Waals surface area contributed by atoms with Crippen LogP contribution in [0.2, 0.25) is 0 Å². The van der Waals surface area contributed by atoms with Gasteiger partial charge in [-0.2, -0.15) is 0 Å². The minimum Gasteiger partial charge on any atom is -0.481 e. The number of hydrogen-bond acceptors (Lipinski definition) is 3. The van der Waals surface area contributed by atoms with Gasteiger partial charge in [-0.25, -0.2) is 4.79 Å². The number of carbonyl (C=O) groups is 2. The van der Waals surface area contributed by atoms with Crippen molar-refractivity contribution in [2.75, 3.05) is 13.1 Å². The van der Waals surface area contributed by atoms with Gasteiger partial charge in [-0.1, -0.05) is 24.3 Å². The minimum absolute atomic E-state index is 0.184. The van der Waals surface area contributed by atoms with Crippen molar-refractivity contribution in [3.8, 4) is 0 Å². The van der Waals surface area contributed by atoms with Crippen LogP contribution >= 0.6 is 0 Å². The van der Waals surface area contributed by atoms with Crippen molar-refractivity contribution in [1.82, 2.24) is 4.90 Å². The fourth-order valence-corrected chi connectivity index (χ4v) is 2.85. The van der Waals surface area contributed by atoms with Gasteiger partial charge < -0.3 is 14.7 Å². The number of carboxylic acids is 1. The second kappa shape index (κ2) is 5.99. The molecule has 0 bridgehead atoms. The van der Waals surface area contributed by atoms with Crippen molar-refractivity contribution >= 4 is 12.1 Å². The quantitative estimate of drug-likeness (QED) is 0.912. The monoisotopic (exact) mass is 305 g/mol. The molecule has 5 nitrogen and oxygen atoms in total. The Morgan fingerprint density at radius 2 is 1.86 bits per heavy atom. The van der Waals surface area contributed by atoms with Gasteiger partial charge in [0.1, 0.15) is 5.60 Å². The summed E-state index contributed by atoms with van der Waals surface area (Å²) >= 11 is 0. The van der Waals surface area contributed by atoms with Gasteiger partial charge in [0.25, 0.3) is 0 Å². The predicted octanol–water partition coefficient (Wildman–Crippen LogP) is 3.03. The fraction of sp³-hybridized carbons (Fsp3) is 0.529. The van der Waals surface area contributed by atoms with Crippen LogP contribution in [0, 0.1) is 12.8 Å². The smallest absolute Gasteiger partial charge is 0.410 e. The molecule has 1 aromatic rings. The Bertz CT molecular complexity index is 576. The molecule has 1 saturated heterocycles. The van der Waals surface area contributed by atoms with E-state index >= 15 is 0 Å². The van der Waals surface area contributed by atoms with Gasteiger partial charge >= 0.3 is 12.1 Å². The number of aliphatic carboxylic acids is 1. The van der Waals surface area contributed by atoms with Crippen molar-refractivity contribution < 1.29 is 19.4 Å². The fourth-order valence-electron chi connectivity index (χ4n) is 2.85. The Balaban J connectivity index is 2.22. The first kappa shape index (κ1) is 16.3. The van der Waals surface area contributed by atoms with E-state index in [4.69, 9.17) is 4.74 Å². The van der Waals surface area contributed by atoms with Crippen molar-refractivity contribution in [2.24, 2.45) is 5.92 Å². The molecule has 1 aliphatic rings. The number of amides is 1. The molecule has 120 valence electrons. The summed E-state index contributed by atoms with van der Waals surface area (Å²) in [5.74, 6) is -1.68. The second-order valence-electron chi connectivity index (χ2n) is 6.79. The van der Waals surface area contributed by atoms with Crippen molar-refractivity contribution in [1.29, 1.82) is 0 Å². The highest BCUT2D eigenvalue weighted by Crippen LogP contribution is 2.35. The van der Waals surface area contributed by atoms with Crippen LogP contribution in [0.1, 0.15) is 37.8 Å². The van der Waals surface area contributed by atoms with Gasteiger partial charge in [0, 0.05) is 19.0 Å². The first-order chi connectivity index (χ1) is 10.2. The highest BCUT2D eigenvalue weighted by atomic mass is 16.6. The third-order valence-electron chi connectivity index (χ3n) is 3.88. The first-order valence-electron chi connectivity index (χ1n) is 7.45. The average Bonchev–Trinajstić information content (AvgIpc) is 2.82. The Hall–Kier alpha value is -2.04. The molecule has 1 heterocycles. The summed E-state index contributed by atoms with van der Waals surface area (Å²) in [5.41, 5.74) is 1.45. The molecule has 0 aromatic heterocycles. The normalized spacial score (nSPS) is 21.7. The first-order valence-corrected chi connectivity index (χ1v) is 7.45. The Labute approximate surface area is 130 Å². The topological polar surface area (TPSA) is 66.8 Å². The van der Waals surface area contributed by atoms with Gasteiger partial charge in [0.2, 0.25) is 0 Å². The molecule has 5 heteroatoms. The van der Waals surface area contributed by atoms with Gasteiger partial charge in [0.05, 0.1) is 5.92 Å². The standard InChI is InChI=1S/C17H23NO4/c1-11-7-5-6-8-12(11)13-9-18(10-14(13)15(19)20)16(21)22-17(2,3)4/h5-8,13-14H,9-10H2,1-4H3,(H,19,20)/t13-,14-/m0/s1. The molecule has 22 heavy (non-hydrogen) atoms. The maximum atomic E-state index is 12.2. The molecule has 0 aliphatic carbocycles. The van der Waals surface area contributed by atoms with Gasteiger partial charge in [-0.15, -0.1) is 0 Å². The molecular formula is C17H23NO4. The maximum absolute atomic E-state index is 12.2. The number of benzene rings is 1. The molecule has 0 radical (unpaired) electrons. The molecule has 0 spiro atoms. The molecule has 1 amide bonds. The lowest BCUT2D eigenvalue weighted by atomic mass is 9.86. The van der Waals surface area contributed by atoms with Crippen LogP contribution in [-0.2, 0) is 9.53 Å². The Kier molecular flexibility index (Phi) is 4.44. The minimum atomic E-state index is -0.876. The summed E-state index contributed by atoms with van der Waals surface area (Å²) in [6.45, 7) is 7.92. The second-order valence-corrected chi connectivity index (χ2v) is 6.79. The SMILES string of the molecule is Cc1ccccc1[C@@H]1CN(C(=O)OC(C)(C)C)C[C@@H]1C(=O)O. The van der Waals surface area contributed by atoms with E-state index in [0.717, 1.165) is 11.1 Å². The number of likely N-dealkylation sites (tertiary alicyclic amines) is 1. The van der Waals surface area contributed by atoms with Crippen LogP contribution in [0.3, 0.4) is 0 Å². The zero-order valence-corrected chi connectivity index (χ0v) is 13.5. The molecule has 1 N–H and O–H groups in total. The Morgan fingerprint density at radius 3 is 2.41 bits per heavy atom. The molecule has 1 aromatic carbocycles. The Morgan fingerprint density at radius 1 is 1.23 bits per heavy atom. The summed E-state index contributed by atoms with van der Waals surface area (Å²) in [6.07, 6.45) is -0.449. The zero-order valence-electron chi connectivity index (χ0n) is 13.5. The molecule has 1 fully saturated rings. The highest BCUT2D eigenvalue weighted by Gasteiger charge is 2.42. The molecule has 2 atom stereocenters. The summed E-state index contributed by atoms with van der Waals surface area (Å²) in [7, 11) is 0. The molecule has 0 unspecified atom stereocenters. The lowest BCUT2D eigenvalue weighted by Gasteiger charge is -2.24.